The van der Waals surface area contributed by atoms with Crippen molar-refractivity contribution in [2.45, 2.75) is 40.0 Å². The minimum Gasteiger partial charge on any atom is -0.461 e. The van der Waals surface area contributed by atoms with E-state index < -0.39 is 0 Å². The highest BCUT2D eigenvalue weighted by Crippen LogP contribution is 2.01. The Morgan fingerprint density at radius 3 is 2.58 bits per heavy atom. The molecule has 0 aromatic carbocycles. The van der Waals surface area contributed by atoms with Crippen LogP contribution in [0, 0.1) is 0 Å². The Morgan fingerprint density at radius 2 is 2.08 bits per heavy atom. The van der Waals surface area contributed by atoms with Crippen molar-refractivity contribution in [1.29, 1.82) is 0 Å². The van der Waals surface area contributed by atoms with Crippen molar-refractivity contribution >= 4 is 5.97 Å². The molecule has 2 nitrogen and oxygen atoms in total. The molecule has 0 radical (unpaired) electrons. The highest BCUT2D eigenvalue weighted by Gasteiger charge is 1.93. The standard InChI is InChI=1S/C10H18O2/c1-4-5-6-7-9(2)8-12-10(3)11/h7H,4-6,8H2,1-3H3/b9-7+. The molecule has 12 heavy (non-hydrogen) atoms. The lowest BCUT2D eigenvalue weighted by molar-refractivity contribution is -0.139. The average molecular weight is 170 g/mol. The maximum Gasteiger partial charge on any atom is 0.302 e. The molecule has 0 aliphatic carbocycles. The first-order chi connectivity index (χ1) is 5.66. The summed E-state index contributed by atoms with van der Waals surface area (Å²) in [4.78, 5) is 10.4. The van der Waals surface area contributed by atoms with Crippen LogP contribution >= 0.6 is 0 Å². The lowest BCUT2D eigenvalue weighted by atomic mass is 10.2. The van der Waals surface area contributed by atoms with Crippen LogP contribution in [0.4, 0.5) is 0 Å². The lowest BCUT2D eigenvalue weighted by Crippen LogP contribution is -2.01. The highest BCUT2D eigenvalue weighted by atomic mass is 16.5. The van der Waals surface area contributed by atoms with Gasteiger partial charge >= 0.3 is 5.97 Å². The molecule has 0 aliphatic heterocycles. The third-order valence-corrected chi connectivity index (χ3v) is 1.55. The molecule has 0 saturated heterocycles. The van der Waals surface area contributed by atoms with Crippen molar-refractivity contribution in [3.8, 4) is 0 Å². The van der Waals surface area contributed by atoms with Gasteiger partial charge in [-0.05, 0) is 18.9 Å². The summed E-state index contributed by atoms with van der Waals surface area (Å²) >= 11 is 0. The Labute approximate surface area is 74.6 Å². The summed E-state index contributed by atoms with van der Waals surface area (Å²) in [5.74, 6) is -0.210. The number of unbranched alkanes of at least 4 members (excludes halogenated alkanes) is 2. The minimum atomic E-state index is -0.210. The fourth-order valence-electron chi connectivity index (χ4n) is 0.827. The van der Waals surface area contributed by atoms with Gasteiger partial charge in [-0.2, -0.15) is 0 Å². The second-order valence-electron chi connectivity index (χ2n) is 2.97. The number of hydrogen-bond donors (Lipinski definition) is 0. The maximum atomic E-state index is 10.4. The number of ether oxygens (including phenoxy) is 1. The first kappa shape index (κ1) is 11.2. The van der Waals surface area contributed by atoms with Crippen molar-refractivity contribution in [3.63, 3.8) is 0 Å². The normalized spacial score (nSPS) is 11.4. The smallest absolute Gasteiger partial charge is 0.302 e. The number of rotatable bonds is 5. The summed E-state index contributed by atoms with van der Waals surface area (Å²) in [7, 11) is 0. The second-order valence-corrected chi connectivity index (χ2v) is 2.97. The minimum absolute atomic E-state index is 0.210. The van der Waals surface area contributed by atoms with Gasteiger partial charge in [0.25, 0.3) is 0 Å². The molecule has 0 bridgehead atoms. The zero-order chi connectivity index (χ0) is 9.40. The van der Waals surface area contributed by atoms with Crippen LogP contribution in [0.5, 0.6) is 0 Å². The molecule has 0 amide bonds. The van der Waals surface area contributed by atoms with E-state index >= 15 is 0 Å². The van der Waals surface area contributed by atoms with E-state index in [1.807, 2.05) is 6.92 Å². The topological polar surface area (TPSA) is 26.3 Å². The van der Waals surface area contributed by atoms with Crippen LogP contribution in [0.3, 0.4) is 0 Å². The van der Waals surface area contributed by atoms with E-state index in [2.05, 4.69) is 13.0 Å². The molecular weight excluding hydrogens is 152 g/mol. The third kappa shape index (κ3) is 7.32. The summed E-state index contributed by atoms with van der Waals surface area (Å²) in [6, 6.07) is 0. The zero-order valence-corrected chi connectivity index (χ0v) is 8.22. The molecule has 0 fully saturated rings. The fraction of sp³-hybridized carbons (Fsp3) is 0.700. The van der Waals surface area contributed by atoms with Crippen molar-refractivity contribution in [2.75, 3.05) is 6.61 Å². The predicted molar refractivity (Wildman–Crippen MR) is 49.9 cm³/mol. The molecular formula is C10H18O2. The van der Waals surface area contributed by atoms with Crippen molar-refractivity contribution in [3.05, 3.63) is 11.6 Å². The largest absolute Gasteiger partial charge is 0.461 e. The third-order valence-electron chi connectivity index (χ3n) is 1.55. The monoisotopic (exact) mass is 170 g/mol. The van der Waals surface area contributed by atoms with E-state index in [1.165, 1.54) is 19.8 Å². The molecule has 0 rings (SSSR count). The average Bonchev–Trinajstić information content (AvgIpc) is 2.01. The Kier molecular flexibility index (Phi) is 6.44. The fourth-order valence-corrected chi connectivity index (χ4v) is 0.827. The van der Waals surface area contributed by atoms with E-state index in [0.29, 0.717) is 6.61 Å². The van der Waals surface area contributed by atoms with Gasteiger partial charge < -0.3 is 4.74 Å². The Morgan fingerprint density at radius 1 is 1.42 bits per heavy atom. The van der Waals surface area contributed by atoms with Crippen molar-refractivity contribution < 1.29 is 9.53 Å². The van der Waals surface area contributed by atoms with Gasteiger partial charge in [0.1, 0.15) is 6.61 Å². The van der Waals surface area contributed by atoms with E-state index in [1.54, 1.807) is 0 Å². The summed E-state index contributed by atoms with van der Waals surface area (Å²) in [6.07, 6.45) is 5.63. The van der Waals surface area contributed by atoms with E-state index in [0.717, 1.165) is 12.0 Å². The van der Waals surface area contributed by atoms with Crippen LogP contribution < -0.4 is 0 Å². The SMILES string of the molecule is CCCC/C=C(\C)COC(C)=O. The van der Waals surface area contributed by atoms with Gasteiger partial charge in [-0.1, -0.05) is 25.8 Å². The Bertz CT molecular complexity index is 159. The second kappa shape index (κ2) is 6.89. The van der Waals surface area contributed by atoms with Crippen molar-refractivity contribution in [1.82, 2.24) is 0 Å². The molecule has 0 aromatic rings. The maximum absolute atomic E-state index is 10.4. The van der Waals surface area contributed by atoms with Crippen LogP contribution in [-0.2, 0) is 9.53 Å². The molecule has 0 atom stereocenters. The molecule has 0 spiro atoms. The first-order valence-electron chi connectivity index (χ1n) is 4.45. The first-order valence-corrected chi connectivity index (χ1v) is 4.45. The van der Waals surface area contributed by atoms with Crippen LogP contribution in [0.15, 0.2) is 11.6 Å². The van der Waals surface area contributed by atoms with E-state index in [4.69, 9.17) is 4.74 Å². The van der Waals surface area contributed by atoms with Gasteiger partial charge in [-0.3, -0.25) is 4.79 Å². The highest BCUT2D eigenvalue weighted by molar-refractivity contribution is 5.66. The van der Waals surface area contributed by atoms with Gasteiger partial charge in [0, 0.05) is 6.92 Å². The number of hydrogen-bond acceptors (Lipinski definition) is 2. The van der Waals surface area contributed by atoms with Crippen LogP contribution in [0.1, 0.15) is 40.0 Å². The molecule has 0 saturated carbocycles. The summed E-state index contributed by atoms with van der Waals surface area (Å²) in [6.45, 7) is 6.02. The quantitative estimate of drug-likeness (QED) is 0.360. The van der Waals surface area contributed by atoms with Gasteiger partial charge in [0.2, 0.25) is 0 Å². The van der Waals surface area contributed by atoms with Gasteiger partial charge in [0.15, 0.2) is 0 Å². The summed E-state index contributed by atoms with van der Waals surface area (Å²) in [5, 5.41) is 0. The molecule has 2 heteroatoms. The summed E-state index contributed by atoms with van der Waals surface area (Å²) < 4.78 is 4.83. The van der Waals surface area contributed by atoms with Crippen LogP contribution in [0.2, 0.25) is 0 Å². The number of allylic oxidation sites excluding steroid dienone is 1. The molecule has 0 aliphatic rings. The number of carbonyl (C=O) groups is 1. The Hall–Kier alpha value is -0.790. The van der Waals surface area contributed by atoms with Crippen molar-refractivity contribution in [2.24, 2.45) is 0 Å². The van der Waals surface area contributed by atoms with Gasteiger partial charge in [-0.25, -0.2) is 0 Å². The number of esters is 1. The summed E-state index contributed by atoms with van der Waals surface area (Å²) in [5.41, 5.74) is 1.14. The Balaban J connectivity index is 3.48. The molecule has 70 valence electrons. The van der Waals surface area contributed by atoms with E-state index in [9.17, 15) is 4.79 Å². The van der Waals surface area contributed by atoms with Crippen LogP contribution in [-0.4, -0.2) is 12.6 Å². The molecule has 0 aromatic heterocycles. The molecule has 0 heterocycles. The lowest BCUT2D eigenvalue weighted by Gasteiger charge is -2.01. The van der Waals surface area contributed by atoms with E-state index in [-0.39, 0.29) is 5.97 Å². The predicted octanol–water partition coefficient (Wildman–Crippen LogP) is 2.69. The van der Waals surface area contributed by atoms with Gasteiger partial charge in [0.05, 0.1) is 0 Å². The van der Waals surface area contributed by atoms with Crippen LogP contribution in [0.25, 0.3) is 0 Å². The number of carbonyl (C=O) groups excluding carboxylic acids is 1. The molecule has 0 N–H and O–H groups in total. The molecule has 0 unspecified atom stereocenters. The zero-order valence-electron chi connectivity index (χ0n) is 8.22. The van der Waals surface area contributed by atoms with Gasteiger partial charge in [-0.15, -0.1) is 0 Å².